The van der Waals surface area contributed by atoms with Gasteiger partial charge in [-0.25, -0.2) is 18.6 Å². The summed E-state index contributed by atoms with van der Waals surface area (Å²) in [5.74, 6) is -0.870. The molecule has 2 amide bonds. The van der Waals surface area contributed by atoms with E-state index < -0.39 is 17.7 Å². The van der Waals surface area contributed by atoms with Crippen molar-refractivity contribution >= 4 is 45.7 Å². The lowest BCUT2D eigenvalue weighted by atomic mass is 10.0. The first-order valence-corrected chi connectivity index (χ1v) is 11.8. The molecule has 8 nitrogen and oxygen atoms in total. The summed E-state index contributed by atoms with van der Waals surface area (Å²) >= 11 is 6.33. The molecule has 0 spiro atoms. The molecule has 0 bridgehead atoms. The molecule has 0 saturated heterocycles. The fraction of sp³-hybridized carbons (Fsp3) is 0.192. The van der Waals surface area contributed by atoms with Crippen molar-refractivity contribution in [1.29, 1.82) is 0 Å². The van der Waals surface area contributed by atoms with Crippen LogP contribution in [0.3, 0.4) is 0 Å². The van der Waals surface area contributed by atoms with Crippen molar-refractivity contribution < 1.29 is 18.3 Å². The third-order valence-corrected chi connectivity index (χ3v) is 5.94. The van der Waals surface area contributed by atoms with Crippen LogP contribution >= 0.6 is 11.6 Å². The van der Waals surface area contributed by atoms with Crippen LogP contribution in [0.25, 0.3) is 22.0 Å². The minimum atomic E-state index is -0.862. The molecule has 192 valence electrons. The van der Waals surface area contributed by atoms with E-state index in [1.54, 1.807) is 36.1 Å². The van der Waals surface area contributed by atoms with E-state index in [1.165, 1.54) is 24.3 Å². The normalized spacial score (nSPS) is 10.9. The number of carbonyl (C=O) groups excluding carboxylic acids is 1. The van der Waals surface area contributed by atoms with Gasteiger partial charge in [0.25, 0.3) is 5.56 Å². The number of benzene rings is 2. The van der Waals surface area contributed by atoms with Gasteiger partial charge >= 0.3 is 6.03 Å². The number of carbonyl (C=O) groups is 1. The van der Waals surface area contributed by atoms with Crippen LogP contribution in [0, 0.1) is 11.6 Å². The average Bonchev–Trinajstić information content (AvgIpc) is 2.87. The second-order valence-corrected chi connectivity index (χ2v) is 8.43. The number of pyridine rings is 2. The second-order valence-electron chi connectivity index (χ2n) is 8.03. The number of hydrogen-bond donors (Lipinski definition) is 3. The maximum Gasteiger partial charge on any atom is 0.323 e. The summed E-state index contributed by atoms with van der Waals surface area (Å²) in [5, 5.41) is 8.46. The van der Waals surface area contributed by atoms with Crippen molar-refractivity contribution in [3.05, 3.63) is 81.7 Å². The molecule has 2 aromatic carbocycles. The number of aryl methyl sites for hydroxylation is 1. The van der Waals surface area contributed by atoms with Crippen LogP contribution < -0.4 is 21.5 Å². The first kappa shape index (κ1) is 26.1. The summed E-state index contributed by atoms with van der Waals surface area (Å²) in [6.07, 6.45) is 1.62. The summed E-state index contributed by atoms with van der Waals surface area (Å²) in [7, 11) is 1.60. The number of para-hydroxylation sites is 1. The van der Waals surface area contributed by atoms with Gasteiger partial charge in [0, 0.05) is 49.0 Å². The zero-order valence-corrected chi connectivity index (χ0v) is 20.8. The molecular weight excluding hydrogens is 504 g/mol. The lowest BCUT2D eigenvalue weighted by Gasteiger charge is -2.15. The Balaban J connectivity index is 1.71. The molecule has 0 atom stereocenters. The summed E-state index contributed by atoms with van der Waals surface area (Å²) in [6.45, 7) is 3.24. The van der Waals surface area contributed by atoms with Crippen LogP contribution in [0.1, 0.15) is 6.92 Å². The number of urea groups is 1. The predicted molar refractivity (Wildman–Crippen MR) is 141 cm³/mol. The van der Waals surface area contributed by atoms with Gasteiger partial charge in [-0.3, -0.25) is 4.79 Å². The van der Waals surface area contributed by atoms with Gasteiger partial charge in [-0.15, -0.1) is 0 Å². The van der Waals surface area contributed by atoms with Gasteiger partial charge in [0.2, 0.25) is 0 Å². The number of nitrogens with one attached hydrogen (secondary N) is 3. The molecule has 3 N–H and O–H groups in total. The van der Waals surface area contributed by atoms with Gasteiger partial charge in [0.05, 0.1) is 28.5 Å². The zero-order chi connectivity index (χ0) is 26.5. The molecule has 37 heavy (non-hydrogen) atoms. The highest BCUT2D eigenvalue weighted by atomic mass is 35.5. The zero-order valence-electron chi connectivity index (χ0n) is 20.1. The fourth-order valence-corrected chi connectivity index (χ4v) is 4.10. The highest BCUT2D eigenvalue weighted by Gasteiger charge is 2.18. The van der Waals surface area contributed by atoms with Crippen LogP contribution in [-0.2, 0) is 11.3 Å². The van der Waals surface area contributed by atoms with Gasteiger partial charge in [-0.05, 0) is 37.3 Å². The number of aromatic nitrogens is 2. The van der Waals surface area contributed by atoms with Crippen molar-refractivity contribution in [2.45, 2.75) is 13.5 Å². The van der Waals surface area contributed by atoms with Crippen LogP contribution in [0.15, 0.2) is 59.5 Å². The summed E-state index contributed by atoms with van der Waals surface area (Å²) in [6, 6.07) is 10.4. The largest absolute Gasteiger partial charge is 0.383 e. The van der Waals surface area contributed by atoms with Gasteiger partial charge in [-0.2, -0.15) is 0 Å². The molecule has 0 aliphatic heterocycles. The highest BCUT2D eigenvalue weighted by molar-refractivity contribution is 6.33. The number of methoxy groups -OCH3 is 1. The van der Waals surface area contributed by atoms with E-state index in [0.29, 0.717) is 36.4 Å². The Morgan fingerprint density at radius 1 is 1.05 bits per heavy atom. The number of amides is 2. The summed E-state index contributed by atoms with van der Waals surface area (Å²) < 4.78 is 35.1. The monoisotopic (exact) mass is 527 g/mol. The Morgan fingerprint density at radius 2 is 1.81 bits per heavy atom. The second kappa shape index (κ2) is 11.4. The van der Waals surface area contributed by atoms with E-state index in [4.69, 9.17) is 16.3 Å². The van der Waals surface area contributed by atoms with Crippen LogP contribution in [0.5, 0.6) is 0 Å². The first-order valence-electron chi connectivity index (χ1n) is 11.4. The molecule has 2 heterocycles. The van der Waals surface area contributed by atoms with Gasteiger partial charge in [-0.1, -0.05) is 23.7 Å². The van der Waals surface area contributed by atoms with Crippen molar-refractivity contribution in [3.63, 3.8) is 0 Å². The Hall–Kier alpha value is -4.02. The number of halogens is 3. The Labute approximate surface area is 216 Å². The predicted octanol–water partition coefficient (Wildman–Crippen LogP) is 5.72. The standard InChI is InChI=1S/C26H24ClF2N5O3/c1-3-34-23-13-24(30-8-9-37-2)31-14-15(23)10-17(25(34)35)16-11-22(20(29)12-18(16)27)33-26(36)32-21-7-5-4-6-19(21)28/h4-7,10-14H,3,8-9H2,1-2H3,(H,30,31)(H2,32,33,36). The molecule has 0 fully saturated rings. The van der Waals surface area contributed by atoms with Crippen molar-refractivity contribution in [2.75, 3.05) is 36.2 Å². The molecule has 0 aliphatic carbocycles. The molecule has 0 radical (unpaired) electrons. The lowest BCUT2D eigenvalue weighted by molar-refractivity contribution is 0.210. The van der Waals surface area contributed by atoms with Crippen LogP contribution in [0.2, 0.25) is 5.02 Å². The van der Waals surface area contributed by atoms with Gasteiger partial charge < -0.3 is 25.3 Å². The van der Waals surface area contributed by atoms with Gasteiger partial charge in [0.1, 0.15) is 17.5 Å². The minimum Gasteiger partial charge on any atom is -0.383 e. The molecule has 4 aromatic rings. The van der Waals surface area contributed by atoms with Crippen molar-refractivity contribution in [3.8, 4) is 11.1 Å². The quantitative estimate of drug-likeness (QED) is 0.255. The highest BCUT2D eigenvalue weighted by Crippen LogP contribution is 2.33. The average molecular weight is 528 g/mol. The third kappa shape index (κ3) is 5.71. The molecule has 2 aromatic heterocycles. The maximum atomic E-state index is 14.7. The fourth-order valence-electron chi connectivity index (χ4n) is 3.85. The summed E-state index contributed by atoms with van der Waals surface area (Å²) in [4.78, 5) is 30.2. The van der Waals surface area contributed by atoms with Gasteiger partial charge in [0.15, 0.2) is 0 Å². The minimum absolute atomic E-state index is 0.0116. The molecule has 0 unspecified atom stereocenters. The van der Waals surface area contributed by atoms with E-state index >= 15 is 0 Å². The maximum absolute atomic E-state index is 14.7. The first-order chi connectivity index (χ1) is 17.8. The molecule has 11 heteroatoms. The number of anilines is 3. The molecular formula is C26H24ClF2N5O3. The summed E-state index contributed by atoms with van der Waals surface area (Å²) in [5.41, 5.74) is 0.441. The number of fused-ring (bicyclic) bond motifs is 1. The molecule has 0 aliphatic rings. The van der Waals surface area contributed by atoms with E-state index in [9.17, 15) is 18.4 Å². The number of nitrogens with zero attached hydrogens (tertiary/aromatic N) is 2. The number of rotatable bonds is 8. The van der Waals surface area contributed by atoms with Crippen molar-refractivity contribution in [1.82, 2.24) is 9.55 Å². The van der Waals surface area contributed by atoms with Crippen molar-refractivity contribution in [2.24, 2.45) is 0 Å². The van der Waals surface area contributed by atoms with Crippen LogP contribution in [-0.4, -0.2) is 35.8 Å². The van der Waals surface area contributed by atoms with E-state index in [2.05, 4.69) is 20.9 Å². The van der Waals surface area contributed by atoms with E-state index in [0.717, 1.165) is 6.07 Å². The topological polar surface area (TPSA) is 97.3 Å². The Morgan fingerprint density at radius 3 is 2.54 bits per heavy atom. The lowest BCUT2D eigenvalue weighted by Crippen LogP contribution is -2.22. The van der Waals surface area contributed by atoms with E-state index in [-0.39, 0.29) is 33.1 Å². The molecule has 0 saturated carbocycles. The third-order valence-electron chi connectivity index (χ3n) is 5.62. The Kier molecular flexibility index (Phi) is 8.00. The molecule has 4 rings (SSSR count). The smallest absolute Gasteiger partial charge is 0.323 e. The Bertz CT molecular complexity index is 1530. The number of hydrogen-bond acceptors (Lipinski definition) is 5. The van der Waals surface area contributed by atoms with E-state index in [1.807, 2.05) is 6.92 Å². The van der Waals surface area contributed by atoms with Crippen LogP contribution in [0.4, 0.5) is 30.8 Å². The SMILES string of the molecule is CCn1c(=O)c(-c2cc(NC(=O)Nc3ccccc3F)c(F)cc2Cl)cc2cnc(NCCOC)cc21. The number of ether oxygens (including phenoxy) is 1.